The summed E-state index contributed by atoms with van der Waals surface area (Å²) >= 11 is 0. The maximum Gasteiger partial charge on any atom is 0.244 e. The smallest absolute Gasteiger partial charge is 0.244 e. The first-order valence-corrected chi connectivity index (χ1v) is 7.84. The van der Waals surface area contributed by atoms with Crippen molar-refractivity contribution in [1.29, 1.82) is 0 Å². The summed E-state index contributed by atoms with van der Waals surface area (Å²) < 4.78 is 27.7. The summed E-state index contributed by atoms with van der Waals surface area (Å²) in [6, 6.07) is -0.846. The van der Waals surface area contributed by atoms with Crippen LogP contribution in [0.15, 0.2) is 17.3 Å². The molecule has 0 bridgehead atoms. The van der Waals surface area contributed by atoms with Crippen molar-refractivity contribution in [3.05, 3.63) is 12.4 Å². The number of nitrogens with zero attached hydrogens (tertiary/aromatic N) is 2. The third-order valence-electron chi connectivity index (χ3n) is 2.57. The molecule has 0 aliphatic heterocycles. The monoisotopic (exact) mass is 339 g/mol. The van der Waals surface area contributed by atoms with Gasteiger partial charge in [-0.25, -0.2) is 8.42 Å². The van der Waals surface area contributed by atoms with Crippen molar-refractivity contribution >= 4 is 28.3 Å². The molecule has 1 unspecified atom stereocenters. The van der Waals surface area contributed by atoms with Crippen LogP contribution in [0.1, 0.15) is 13.8 Å². The molecular formula is C11H22ClN5O3S. The van der Waals surface area contributed by atoms with Gasteiger partial charge in [0.2, 0.25) is 15.9 Å². The Morgan fingerprint density at radius 1 is 1.43 bits per heavy atom. The highest BCUT2D eigenvalue weighted by molar-refractivity contribution is 7.89. The quantitative estimate of drug-likeness (QED) is 0.540. The normalized spacial score (nSPS) is 12.5. The number of carbonyl (C=O) groups excluding carboxylic acids is 1. The number of sulfonamides is 1. The molecule has 0 saturated heterocycles. The number of nitrogens with one attached hydrogen (secondary N) is 3. The van der Waals surface area contributed by atoms with E-state index in [1.807, 2.05) is 6.92 Å². The summed E-state index contributed by atoms with van der Waals surface area (Å²) in [5.74, 6) is -0.365. The molecule has 21 heavy (non-hydrogen) atoms. The maximum atomic E-state index is 12.0. The number of rotatable bonds is 8. The molecule has 3 N–H and O–H groups in total. The minimum absolute atomic E-state index is 0. The predicted octanol–water partition coefficient (Wildman–Crippen LogP) is -0.766. The predicted molar refractivity (Wildman–Crippen MR) is 81.8 cm³/mol. The molecule has 122 valence electrons. The lowest BCUT2D eigenvalue weighted by atomic mass is 10.3. The summed E-state index contributed by atoms with van der Waals surface area (Å²) in [6.07, 6.45) is 2.61. The summed E-state index contributed by atoms with van der Waals surface area (Å²) in [4.78, 5) is 11.8. The molecule has 10 heteroatoms. The Kier molecular flexibility index (Phi) is 8.48. The number of hydrogen-bond acceptors (Lipinski definition) is 5. The Bertz CT molecular complexity index is 546. The zero-order valence-corrected chi connectivity index (χ0v) is 13.9. The van der Waals surface area contributed by atoms with E-state index in [-0.39, 0.29) is 23.2 Å². The van der Waals surface area contributed by atoms with Crippen molar-refractivity contribution in [3.8, 4) is 0 Å². The maximum absolute atomic E-state index is 12.0. The highest BCUT2D eigenvalue weighted by atomic mass is 35.5. The molecule has 1 atom stereocenters. The molecule has 0 aromatic carbocycles. The van der Waals surface area contributed by atoms with Crippen LogP contribution >= 0.6 is 12.4 Å². The third-order valence-corrected chi connectivity index (χ3v) is 4.06. The number of carbonyl (C=O) groups is 1. The van der Waals surface area contributed by atoms with Crippen molar-refractivity contribution < 1.29 is 13.2 Å². The van der Waals surface area contributed by atoms with Crippen LogP contribution in [-0.2, 0) is 21.9 Å². The second kappa shape index (κ2) is 8.98. The molecular weight excluding hydrogens is 318 g/mol. The van der Waals surface area contributed by atoms with E-state index in [1.165, 1.54) is 24.0 Å². The van der Waals surface area contributed by atoms with E-state index >= 15 is 0 Å². The summed E-state index contributed by atoms with van der Waals surface area (Å²) in [7, 11) is -2.11. The van der Waals surface area contributed by atoms with Crippen molar-refractivity contribution in [2.45, 2.75) is 24.8 Å². The second-order valence-electron chi connectivity index (χ2n) is 4.34. The molecule has 0 spiro atoms. The number of amides is 1. The average molecular weight is 340 g/mol. The molecule has 1 heterocycles. The second-order valence-corrected chi connectivity index (χ2v) is 6.05. The van der Waals surface area contributed by atoms with Crippen molar-refractivity contribution in [1.82, 2.24) is 25.1 Å². The van der Waals surface area contributed by atoms with Crippen molar-refractivity contribution in [3.63, 3.8) is 0 Å². The van der Waals surface area contributed by atoms with Crippen LogP contribution in [0.2, 0.25) is 0 Å². The number of likely N-dealkylation sites (N-methyl/N-ethyl adjacent to an activating group) is 1. The average Bonchev–Trinajstić information content (AvgIpc) is 2.81. The van der Waals surface area contributed by atoms with Crippen LogP contribution in [0.25, 0.3) is 0 Å². The fraction of sp³-hybridized carbons (Fsp3) is 0.636. The summed E-state index contributed by atoms with van der Waals surface area (Å²) in [6.45, 7) is 5.37. The lowest BCUT2D eigenvalue weighted by molar-refractivity contribution is -0.122. The Morgan fingerprint density at radius 3 is 2.62 bits per heavy atom. The van der Waals surface area contributed by atoms with Crippen LogP contribution in [0.5, 0.6) is 0 Å². The number of aryl methyl sites for hydroxylation is 1. The third kappa shape index (κ3) is 6.42. The Hall–Kier alpha value is -1.16. The van der Waals surface area contributed by atoms with Gasteiger partial charge >= 0.3 is 0 Å². The van der Waals surface area contributed by atoms with Crippen LogP contribution in [-0.4, -0.2) is 49.8 Å². The lowest BCUT2D eigenvalue weighted by Gasteiger charge is -2.13. The highest BCUT2D eigenvalue weighted by Gasteiger charge is 2.22. The Morgan fingerprint density at radius 2 is 2.10 bits per heavy atom. The topological polar surface area (TPSA) is 105 Å². The van der Waals surface area contributed by atoms with Gasteiger partial charge in [0.25, 0.3) is 0 Å². The van der Waals surface area contributed by atoms with Gasteiger partial charge in [-0.3, -0.25) is 9.48 Å². The zero-order valence-electron chi connectivity index (χ0n) is 12.3. The standard InChI is InChI=1S/C11H21N5O3S.ClH/c1-4-12-5-6-13-11(17)9(2)15-20(18,19)10-7-14-16(3)8-10;/h7-9,12,15H,4-6H2,1-3H3,(H,13,17);1H. The van der Waals surface area contributed by atoms with E-state index < -0.39 is 16.1 Å². The van der Waals surface area contributed by atoms with Crippen LogP contribution in [0.4, 0.5) is 0 Å². The molecule has 1 rings (SSSR count). The van der Waals surface area contributed by atoms with Gasteiger partial charge in [0.15, 0.2) is 0 Å². The first kappa shape index (κ1) is 19.8. The fourth-order valence-electron chi connectivity index (χ4n) is 1.50. The van der Waals surface area contributed by atoms with Gasteiger partial charge in [-0.15, -0.1) is 12.4 Å². The van der Waals surface area contributed by atoms with E-state index in [1.54, 1.807) is 7.05 Å². The molecule has 1 aromatic rings. The van der Waals surface area contributed by atoms with E-state index in [4.69, 9.17) is 0 Å². The Labute approximate surface area is 131 Å². The van der Waals surface area contributed by atoms with Crippen LogP contribution in [0.3, 0.4) is 0 Å². The largest absolute Gasteiger partial charge is 0.353 e. The zero-order chi connectivity index (χ0) is 15.2. The fourth-order valence-corrected chi connectivity index (χ4v) is 2.68. The van der Waals surface area contributed by atoms with Gasteiger partial charge < -0.3 is 10.6 Å². The molecule has 8 nitrogen and oxygen atoms in total. The summed E-state index contributed by atoms with van der Waals surface area (Å²) in [5.41, 5.74) is 0. The van der Waals surface area contributed by atoms with Gasteiger partial charge in [-0.1, -0.05) is 6.92 Å². The van der Waals surface area contributed by atoms with Crippen LogP contribution < -0.4 is 15.4 Å². The SMILES string of the molecule is CCNCCNC(=O)C(C)NS(=O)(=O)c1cnn(C)c1.Cl. The van der Waals surface area contributed by atoms with E-state index in [2.05, 4.69) is 20.5 Å². The van der Waals surface area contributed by atoms with E-state index in [0.717, 1.165) is 6.54 Å². The summed E-state index contributed by atoms with van der Waals surface area (Å²) in [5, 5.41) is 9.50. The van der Waals surface area contributed by atoms with Gasteiger partial charge in [0.1, 0.15) is 4.90 Å². The van der Waals surface area contributed by atoms with Crippen molar-refractivity contribution in [2.75, 3.05) is 19.6 Å². The van der Waals surface area contributed by atoms with Gasteiger partial charge in [-0.2, -0.15) is 9.82 Å². The molecule has 0 fully saturated rings. The van der Waals surface area contributed by atoms with E-state index in [9.17, 15) is 13.2 Å². The van der Waals surface area contributed by atoms with Gasteiger partial charge in [0, 0.05) is 26.3 Å². The van der Waals surface area contributed by atoms with Gasteiger partial charge in [0.05, 0.1) is 12.2 Å². The minimum atomic E-state index is -3.73. The van der Waals surface area contributed by atoms with E-state index in [0.29, 0.717) is 13.1 Å². The Balaban J connectivity index is 0.00000400. The molecule has 0 aliphatic rings. The van der Waals surface area contributed by atoms with Gasteiger partial charge in [-0.05, 0) is 13.5 Å². The van der Waals surface area contributed by atoms with Crippen molar-refractivity contribution in [2.24, 2.45) is 7.05 Å². The highest BCUT2D eigenvalue weighted by Crippen LogP contribution is 2.06. The molecule has 1 amide bonds. The molecule has 0 radical (unpaired) electrons. The molecule has 0 saturated carbocycles. The number of halogens is 1. The lowest BCUT2D eigenvalue weighted by Crippen LogP contribution is -2.46. The molecule has 1 aromatic heterocycles. The number of aromatic nitrogens is 2. The first-order chi connectivity index (χ1) is 9.36. The van der Waals surface area contributed by atoms with Crippen LogP contribution in [0, 0.1) is 0 Å². The molecule has 0 aliphatic carbocycles. The first-order valence-electron chi connectivity index (χ1n) is 6.36. The minimum Gasteiger partial charge on any atom is -0.353 e. The number of hydrogen-bond donors (Lipinski definition) is 3.